The molecule has 1 aromatic heterocycles. The number of hydrogen-bond donors (Lipinski definition) is 0. The van der Waals surface area contributed by atoms with Crippen molar-refractivity contribution in [3.05, 3.63) is 57.4 Å². The SMILES string of the molecule is CC(=Nn1c(-c2ccccc2C)cc(C(F)(F)F)c(C#N)c1=O)C(C)C. The third-order valence-electron chi connectivity index (χ3n) is 4.12. The highest BCUT2D eigenvalue weighted by Crippen LogP contribution is 2.34. The number of halogens is 3. The Labute approximate surface area is 149 Å². The van der Waals surface area contributed by atoms with E-state index in [0.29, 0.717) is 16.8 Å². The van der Waals surface area contributed by atoms with Gasteiger partial charge in [-0.3, -0.25) is 4.79 Å². The molecule has 2 aromatic rings. The minimum Gasteiger partial charge on any atom is -0.266 e. The van der Waals surface area contributed by atoms with Crippen LogP contribution in [0.5, 0.6) is 0 Å². The molecule has 26 heavy (non-hydrogen) atoms. The normalized spacial score (nSPS) is 12.3. The number of rotatable bonds is 3. The number of nitriles is 1. The van der Waals surface area contributed by atoms with E-state index in [0.717, 1.165) is 10.7 Å². The van der Waals surface area contributed by atoms with Gasteiger partial charge in [-0.05, 0) is 31.4 Å². The van der Waals surface area contributed by atoms with Crippen LogP contribution >= 0.6 is 0 Å². The first-order valence-electron chi connectivity index (χ1n) is 7.96. The Morgan fingerprint density at radius 3 is 2.38 bits per heavy atom. The lowest BCUT2D eigenvalue weighted by atomic mass is 10.0. The van der Waals surface area contributed by atoms with Crippen molar-refractivity contribution in [2.75, 3.05) is 0 Å². The van der Waals surface area contributed by atoms with Crippen LogP contribution in [0.2, 0.25) is 0 Å². The van der Waals surface area contributed by atoms with Crippen molar-refractivity contribution in [1.29, 1.82) is 5.26 Å². The highest BCUT2D eigenvalue weighted by Gasteiger charge is 2.36. The van der Waals surface area contributed by atoms with Gasteiger partial charge in [0.25, 0.3) is 5.56 Å². The number of hydrogen-bond acceptors (Lipinski definition) is 3. The molecule has 0 spiro atoms. The second-order valence-corrected chi connectivity index (χ2v) is 6.26. The summed E-state index contributed by atoms with van der Waals surface area (Å²) in [5.74, 6) is -0.0144. The van der Waals surface area contributed by atoms with Crippen LogP contribution in [0.3, 0.4) is 0 Å². The third kappa shape index (κ3) is 3.69. The molecule has 1 aromatic carbocycles. The van der Waals surface area contributed by atoms with E-state index in [4.69, 9.17) is 5.26 Å². The van der Waals surface area contributed by atoms with Gasteiger partial charge in [0.15, 0.2) is 0 Å². The number of pyridine rings is 1. The average Bonchev–Trinajstić information content (AvgIpc) is 2.55. The fraction of sp³-hybridized carbons (Fsp3) is 0.316. The third-order valence-corrected chi connectivity index (χ3v) is 4.12. The highest BCUT2D eigenvalue weighted by molar-refractivity contribution is 5.84. The van der Waals surface area contributed by atoms with E-state index in [2.05, 4.69) is 5.10 Å². The summed E-state index contributed by atoms with van der Waals surface area (Å²) in [5, 5.41) is 13.3. The lowest BCUT2D eigenvalue weighted by molar-refractivity contribution is -0.137. The van der Waals surface area contributed by atoms with Crippen LogP contribution in [-0.4, -0.2) is 10.4 Å². The first-order valence-corrected chi connectivity index (χ1v) is 7.96. The first kappa shape index (κ1) is 19.4. The summed E-state index contributed by atoms with van der Waals surface area (Å²) in [6, 6.07) is 8.97. The van der Waals surface area contributed by atoms with Gasteiger partial charge in [0, 0.05) is 11.3 Å². The zero-order valence-corrected chi connectivity index (χ0v) is 14.8. The quantitative estimate of drug-likeness (QED) is 0.751. The van der Waals surface area contributed by atoms with Gasteiger partial charge in [-0.2, -0.15) is 28.2 Å². The molecule has 0 fully saturated rings. The van der Waals surface area contributed by atoms with Crippen LogP contribution in [0.25, 0.3) is 11.3 Å². The molecule has 0 aliphatic carbocycles. The van der Waals surface area contributed by atoms with Crippen LogP contribution in [0, 0.1) is 24.2 Å². The maximum Gasteiger partial charge on any atom is 0.417 e. The zero-order chi connectivity index (χ0) is 19.6. The minimum absolute atomic E-state index is 0.000532. The summed E-state index contributed by atoms with van der Waals surface area (Å²) in [6.07, 6.45) is -4.82. The Morgan fingerprint density at radius 2 is 1.88 bits per heavy atom. The monoisotopic (exact) mass is 361 g/mol. The number of benzene rings is 1. The Morgan fingerprint density at radius 1 is 1.27 bits per heavy atom. The van der Waals surface area contributed by atoms with E-state index in [9.17, 15) is 18.0 Å². The van der Waals surface area contributed by atoms with E-state index in [1.165, 1.54) is 6.07 Å². The van der Waals surface area contributed by atoms with Crippen LogP contribution in [0.1, 0.15) is 37.5 Å². The predicted octanol–water partition coefficient (Wildman–Crippen LogP) is 4.59. The van der Waals surface area contributed by atoms with Gasteiger partial charge in [0.2, 0.25) is 0 Å². The van der Waals surface area contributed by atoms with Crippen molar-refractivity contribution in [2.45, 2.75) is 33.9 Å². The maximum absolute atomic E-state index is 13.4. The molecule has 0 aliphatic rings. The molecule has 7 heteroatoms. The zero-order valence-electron chi connectivity index (χ0n) is 14.8. The summed E-state index contributed by atoms with van der Waals surface area (Å²) in [7, 11) is 0. The van der Waals surface area contributed by atoms with Crippen molar-refractivity contribution in [3.8, 4) is 17.3 Å². The molecule has 1 heterocycles. The molecule has 0 saturated carbocycles. The van der Waals surface area contributed by atoms with Crippen LogP contribution in [0.15, 0.2) is 40.2 Å². The van der Waals surface area contributed by atoms with Crippen molar-refractivity contribution in [3.63, 3.8) is 0 Å². The molecule has 0 radical (unpaired) electrons. The topological polar surface area (TPSA) is 58.1 Å². The average molecular weight is 361 g/mol. The summed E-state index contributed by atoms with van der Waals surface area (Å²) < 4.78 is 41.1. The lowest BCUT2D eigenvalue weighted by Crippen LogP contribution is -2.27. The highest BCUT2D eigenvalue weighted by atomic mass is 19.4. The van der Waals surface area contributed by atoms with Gasteiger partial charge in [0.05, 0.1) is 11.3 Å². The van der Waals surface area contributed by atoms with Crippen LogP contribution in [0.4, 0.5) is 13.2 Å². The molecule has 0 amide bonds. The van der Waals surface area contributed by atoms with Gasteiger partial charge in [-0.15, -0.1) is 0 Å². The van der Waals surface area contributed by atoms with Gasteiger partial charge in [-0.1, -0.05) is 38.1 Å². The van der Waals surface area contributed by atoms with Crippen molar-refractivity contribution >= 4 is 5.71 Å². The molecule has 0 bridgehead atoms. The van der Waals surface area contributed by atoms with Crippen molar-refractivity contribution < 1.29 is 13.2 Å². The fourth-order valence-electron chi connectivity index (χ4n) is 2.36. The molecule has 2 rings (SSSR count). The summed E-state index contributed by atoms with van der Waals surface area (Å²) in [6.45, 7) is 7.12. The van der Waals surface area contributed by atoms with E-state index in [1.807, 2.05) is 13.8 Å². The van der Waals surface area contributed by atoms with E-state index >= 15 is 0 Å². The predicted molar refractivity (Wildman–Crippen MR) is 93.9 cm³/mol. The Hall–Kier alpha value is -2.88. The molecule has 0 unspecified atom stereocenters. The minimum atomic E-state index is -4.82. The number of aryl methyl sites for hydroxylation is 1. The summed E-state index contributed by atoms with van der Waals surface area (Å²) in [4.78, 5) is 12.7. The second-order valence-electron chi connectivity index (χ2n) is 6.26. The second kappa shape index (κ2) is 7.16. The molecule has 0 atom stereocenters. The smallest absolute Gasteiger partial charge is 0.266 e. The molecule has 0 aliphatic heterocycles. The molecule has 0 saturated heterocycles. The number of nitrogens with zero attached hydrogens (tertiary/aromatic N) is 3. The molecular formula is C19H18F3N3O. The van der Waals surface area contributed by atoms with Gasteiger partial charge in [0.1, 0.15) is 11.6 Å². The first-order chi connectivity index (χ1) is 12.1. The Balaban J connectivity index is 2.99. The van der Waals surface area contributed by atoms with Crippen molar-refractivity contribution in [1.82, 2.24) is 4.68 Å². The van der Waals surface area contributed by atoms with Crippen LogP contribution < -0.4 is 5.56 Å². The Bertz CT molecular complexity index is 963. The van der Waals surface area contributed by atoms with Crippen LogP contribution in [-0.2, 0) is 6.18 Å². The van der Waals surface area contributed by atoms with Gasteiger partial charge in [-0.25, -0.2) is 0 Å². The molecule has 0 N–H and O–H groups in total. The molecule has 4 nitrogen and oxygen atoms in total. The fourth-order valence-corrected chi connectivity index (χ4v) is 2.36. The Kier molecular flexibility index (Phi) is 5.36. The number of aromatic nitrogens is 1. The van der Waals surface area contributed by atoms with E-state index < -0.39 is 22.9 Å². The lowest BCUT2D eigenvalue weighted by Gasteiger charge is -2.17. The molecule has 136 valence electrons. The maximum atomic E-state index is 13.4. The van der Waals surface area contributed by atoms with Gasteiger partial charge >= 0.3 is 6.18 Å². The van der Waals surface area contributed by atoms with E-state index in [1.54, 1.807) is 38.1 Å². The summed E-state index contributed by atoms with van der Waals surface area (Å²) >= 11 is 0. The molecular weight excluding hydrogens is 343 g/mol. The summed E-state index contributed by atoms with van der Waals surface area (Å²) in [5.41, 5.74) is -1.60. The van der Waals surface area contributed by atoms with Gasteiger partial charge < -0.3 is 0 Å². The number of alkyl halides is 3. The van der Waals surface area contributed by atoms with Crippen molar-refractivity contribution in [2.24, 2.45) is 11.0 Å². The largest absolute Gasteiger partial charge is 0.417 e. The van der Waals surface area contributed by atoms with E-state index in [-0.39, 0.29) is 11.6 Å². The standard InChI is InChI=1S/C19H18F3N3O/c1-11(2)13(4)24-25-17(14-8-6-5-7-12(14)3)9-16(19(20,21)22)15(10-23)18(25)26/h5-9,11H,1-4H3.